The van der Waals surface area contributed by atoms with Gasteiger partial charge in [0.15, 0.2) is 0 Å². The largest absolute Gasteiger partial charge is 0.444 e. The fourth-order valence-electron chi connectivity index (χ4n) is 3.29. The molecular weight excluding hydrogens is 306 g/mol. The van der Waals surface area contributed by atoms with Crippen LogP contribution in [0.15, 0.2) is 0 Å². The van der Waals surface area contributed by atoms with Crippen molar-refractivity contribution in [2.24, 2.45) is 11.1 Å². The van der Waals surface area contributed by atoms with Crippen LogP contribution in [0.5, 0.6) is 0 Å². The highest BCUT2D eigenvalue weighted by atomic mass is 16.6. The van der Waals surface area contributed by atoms with Crippen molar-refractivity contribution in [3.8, 4) is 0 Å². The molecule has 3 N–H and O–H groups in total. The molecule has 0 aromatic carbocycles. The predicted octanol–water partition coefficient (Wildman–Crippen LogP) is 2.66. The lowest BCUT2D eigenvalue weighted by Crippen LogP contribution is -2.46. The van der Waals surface area contributed by atoms with E-state index >= 15 is 0 Å². The molecule has 0 bridgehead atoms. The minimum Gasteiger partial charge on any atom is -0.444 e. The zero-order chi connectivity index (χ0) is 18.5. The summed E-state index contributed by atoms with van der Waals surface area (Å²) in [6, 6.07) is 0.545. The second-order valence-electron chi connectivity index (χ2n) is 7.88. The number of nitrogens with zero attached hydrogens (tertiary/aromatic N) is 1. The van der Waals surface area contributed by atoms with E-state index in [2.05, 4.69) is 17.3 Å². The summed E-state index contributed by atoms with van der Waals surface area (Å²) in [5.41, 5.74) is 4.64. The second-order valence-corrected chi connectivity index (χ2v) is 7.88. The van der Waals surface area contributed by atoms with Gasteiger partial charge in [-0.25, -0.2) is 4.79 Å². The van der Waals surface area contributed by atoms with Gasteiger partial charge < -0.3 is 20.7 Å². The molecule has 0 radical (unpaired) electrons. The minimum atomic E-state index is -0.531. The first-order valence-corrected chi connectivity index (χ1v) is 9.11. The molecule has 0 aliphatic heterocycles. The van der Waals surface area contributed by atoms with Gasteiger partial charge in [0.2, 0.25) is 5.91 Å². The van der Waals surface area contributed by atoms with Crippen molar-refractivity contribution in [2.75, 3.05) is 13.6 Å². The molecule has 2 atom stereocenters. The number of primary amides is 1. The SMILES string of the molecule is CC.CN(C[C@]1(C(N)=O)CCC(NC(=O)OC(C)(C)C)C1)C1CC1. The van der Waals surface area contributed by atoms with Gasteiger partial charge in [-0.05, 0) is 59.9 Å². The summed E-state index contributed by atoms with van der Waals surface area (Å²) < 4.78 is 5.28. The Morgan fingerprint density at radius 2 is 1.83 bits per heavy atom. The van der Waals surface area contributed by atoms with E-state index in [9.17, 15) is 9.59 Å². The Balaban J connectivity index is 0.00000139. The van der Waals surface area contributed by atoms with Gasteiger partial charge in [0.1, 0.15) is 5.60 Å². The van der Waals surface area contributed by atoms with E-state index in [1.165, 1.54) is 12.8 Å². The number of rotatable bonds is 5. The summed E-state index contributed by atoms with van der Waals surface area (Å²) in [5.74, 6) is -0.256. The van der Waals surface area contributed by atoms with Gasteiger partial charge in [0, 0.05) is 18.6 Å². The quantitative estimate of drug-likeness (QED) is 0.805. The number of nitrogens with two attached hydrogens (primary N) is 1. The van der Waals surface area contributed by atoms with Crippen LogP contribution in [-0.2, 0) is 9.53 Å². The van der Waals surface area contributed by atoms with Crippen LogP contribution in [0.3, 0.4) is 0 Å². The smallest absolute Gasteiger partial charge is 0.407 e. The third kappa shape index (κ3) is 5.96. The molecule has 2 aliphatic carbocycles. The highest BCUT2D eigenvalue weighted by Crippen LogP contribution is 2.40. The van der Waals surface area contributed by atoms with E-state index in [1.54, 1.807) is 0 Å². The lowest BCUT2D eigenvalue weighted by Gasteiger charge is -2.31. The van der Waals surface area contributed by atoms with Gasteiger partial charge in [0.05, 0.1) is 5.41 Å². The number of amides is 2. The molecular formula is C18H35N3O3. The third-order valence-electron chi connectivity index (χ3n) is 4.57. The Labute approximate surface area is 146 Å². The highest BCUT2D eigenvalue weighted by Gasteiger charge is 2.46. The van der Waals surface area contributed by atoms with Crippen LogP contribution in [0, 0.1) is 5.41 Å². The van der Waals surface area contributed by atoms with Gasteiger partial charge >= 0.3 is 6.09 Å². The topological polar surface area (TPSA) is 84.7 Å². The van der Waals surface area contributed by atoms with Crippen LogP contribution in [0.25, 0.3) is 0 Å². The van der Waals surface area contributed by atoms with Gasteiger partial charge in [0.25, 0.3) is 0 Å². The van der Waals surface area contributed by atoms with Crippen LogP contribution in [-0.4, -0.2) is 48.2 Å². The van der Waals surface area contributed by atoms with Crippen LogP contribution in [0.1, 0.15) is 66.7 Å². The van der Waals surface area contributed by atoms with Crippen LogP contribution < -0.4 is 11.1 Å². The van der Waals surface area contributed by atoms with E-state index in [0.29, 0.717) is 19.0 Å². The zero-order valence-corrected chi connectivity index (χ0v) is 16.1. The Kier molecular flexibility index (Phi) is 7.08. The maximum absolute atomic E-state index is 12.0. The van der Waals surface area contributed by atoms with E-state index in [1.807, 2.05) is 34.6 Å². The molecule has 2 rings (SSSR count). The number of carbonyl (C=O) groups is 2. The molecule has 2 aliphatic rings. The predicted molar refractivity (Wildman–Crippen MR) is 95.6 cm³/mol. The van der Waals surface area contributed by atoms with E-state index in [0.717, 1.165) is 12.8 Å². The van der Waals surface area contributed by atoms with Crippen molar-refractivity contribution in [2.45, 2.75) is 84.4 Å². The second kappa shape index (κ2) is 8.19. The maximum Gasteiger partial charge on any atom is 0.407 e. The number of nitrogens with one attached hydrogen (secondary N) is 1. The summed E-state index contributed by atoms with van der Waals surface area (Å²) in [5, 5.41) is 2.88. The Bertz CT molecular complexity index is 443. The fourth-order valence-corrected chi connectivity index (χ4v) is 3.29. The molecule has 0 spiro atoms. The first-order valence-electron chi connectivity index (χ1n) is 9.11. The van der Waals surface area contributed by atoms with Crippen molar-refractivity contribution in [3.63, 3.8) is 0 Å². The molecule has 140 valence electrons. The van der Waals surface area contributed by atoms with Gasteiger partial charge in [-0.2, -0.15) is 0 Å². The third-order valence-corrected chi connectivity index (χ3v) is 4.57. The molecule has 1 unspecified atom stereocenters. The van der Waals surface area contributed by atoms with Crippen molar-refractivity contribution in [1.29, 1.82) is 0 Å². The Morgan fingerprint density at radius 3 is 2.29 bits per heavy atom. The van der Waals surface area contributed by atoms with E-state index in [4.69, 9.17) is 10.5 Å². The average Bonchev–Trinajstić information content (AvgIpc) is 3.23. The van der Waals surface area contributed by atoms with Gasteiger partial charge in [-0.15, -0.1) is 0 Å². The number of ether oxygens (including phenoxy) is 1. The summed E-state index contributed by atoms with van der Waals surface area (Å²) in [6.07, 6.45) is 4.06. The zero-order valence-electron chi connectivity index (χ0n) is 16.1. The van der Waals surface area contributed by atoms with Crippen LogP contribution >= 0.6 is 0 Å². The van der Waals surface area contributed by atoms with E-state index < -0.39 is 17.1 Å². The molecule has 24 heavy (non-hydrogen) atoms. The Morgan fingerprint density at radius 1 is 1.25 bits per heavy atom. The highest BCUT2D eigenvalue weighted by molar-refractivity contribution is 5.82. The number of hydrogen-bond acceptors (Lipinski definition) is 4. The monoisotopic (exact) mass is 341 g/mol. The van der Waals surface area contributed by atoms with Crippen molar-refractivity contribution >= 4 is 12.0 Å². The Hall–Kier alpha value is -1.30. The van der Waals surface area contributed by atoms with Crippen molar-refractivity contribution in [3.05, 3.63) is 0 Å². The summed E-state index contributed by atoms with van der Waals surface area (Å²) in [6.45, 7) is 10.2. The van der Waals surface area contributed by atoms with Gasteiger partial charge in [-0.1, -0.05) is 13.8 Å². The van der Waals surface area contributed by atoms with Crippen molar-refractivity contribution < 1.29 is 14.3 Å². The van der Waals surface area contributed by atoms with Crippen LogP contribution in [0.2, 0.25) is 0 Å². The number of hydrogen-bond donors (Lipinski definition) is 2. The lowest BCUT2D eigenvalue weighted by molar-refractivity contribution is -0.128. The molecule has 0 aromatic rings. The molecule has 0 saturated heterocycles. The van der Waals surface area contributed by atoms with Crippen molar-refractivity contribution in [1.82, 2.24) is 10.2 Å². The first kappa shape index (κ1) is 20.7. The molecule has 0 heterocycles. The summed E-state index contributed by atoms with van der Waals surface area (Å²) in [4.78, 5) is 26.1. The normalized spacial score (nSPS) is 26.5. The molecule has 2 saturated carbocycles. The lowest BCUT2D eigenvalue weighted by atomic mass is 9.84. The van der Waals surface area contributed by atoms with Crippen LogP contribution in [0.4, 0.5) is 4.79 Å². The number of alkyl carbamates (subject to hydrolysis) is 1. The molecule has 6 heteroatoms. The summed E-state index contributed by atoms with van der Waals surface area (Å²) in [7, 11) is 2.05. The standard InChI is InChI=1S/C16H29N3O3.C2H6/c1-15(2,3)22-14(21)18-11-7-8-16(9-11,13(17)20)10-19(4)12-5-6-12;1-2/h11-12H,5-10H2,1-4H3,(H2,17,20)(H,18,21);1-2H3/t11?,16-;/m0./s1. The van der Waals surface area contributed by atoms with Gasteiger partial charge in [-0.3, -0.25) is 4.79 Å². The number of carbonyl (C=O) groups excluding carboxylic acids is 2. The average molecular weight is 341 g/mol. The van der Waals surface area contributed by atoms with E-state index in [-0.39, 0.29) is 11.9 Å². The molecule has 6 nitrogen and oxygen atoms in total. The molecule has 2 fully saturated rings. The molecule has 0 aromatic heterocycles. The first-order chi connectivity index (χ1) is 11.1. The summed E-state index contributed by atoms with van der Waals surface area (Å²) >= 11 is 0. The molecule has 2 amide bonds. The maximum atomic E-state index is 12.0. The fraction of sp³-hybridized carbons (Fsp3) is 0.889. The minimum absolute atomic E-state index is 0.0463.